The lowest BCUT2D eigenvalue weighted by Gasteiger charge is -2.03. The molecular formula is C11H11N3O2. The van der Waals surface area contributed by atoms with Gasteiger partial charge in [0.1, 0.15) is 6.33 Å². The van der Waals surface area contributed by atoms with Crippen LogP contribution in [0.3, 0.4) is 0 Å². The minimum Gasteiger partial charge on any atom is -0.478 e. The molecule has 0 amide bonds. The molecular weight excluding hydrogens is 206 g/mol. The largest absolute Gasteiger partial charge is 0.478 e. The molecule has 16 heavy (non-hydrogen) atoms. The van der Waals surface area contributed by atoms with E-state index in [1.165, 1.54) is 6.33 Å². The Morgan fingerprint density at radius 2 is 2.06 bits per heavy atom. The average molecular weight is 217 g/mol. The van der Waals surface area contributed by atoms with Crippen LogP contribution in [0.2, 0.25) is 0 Å². The van der Waals surface area contributed by atoms with Gasteiger partial charge in [0.15, 0.2) is 5.82 Å². The van der Waals surface area contributed by atoms with Gasteiger partial charge in [-0.2, -0.15) is 5.10 Å². The number of hydrogen-bond acceptors (Lipinski definition) is 3. The summed E-state index contributed by atoms with van der Waals surface area (Å²) in [4.78, 5) is 14.8. The predicted octanol–water partition coefficient (Wildman–Crippen LogP) is 1.66. The van der Waals surface area contributed by atoms with Crippen molar-refractivity contribution in [1.82, 2.24) is 14.8 Å². The van der Waals surface area contributed by atoms with Crippen molar-refractivity contribution in [2.24, 2.45) is 0 Å². The molecule has 0 unspecified atom stereocenters. The maximum absolute atomic E-state index is 10.7. The first-order valence-corrected chi connectivity index (χ1v) is 4.94. The molecule has 0 saturated heterocycles. The molecule has 0 saturated carbocycles. The van der Waals surface area contributed by atoms with E-state index in [9.17, 15) is 4.79 Å². The second-order valence-corrected chi connectivity index (χ2v) is 3.28. The standard InChI is InChI=1S/C11H11N3O2/c1-2-14-10(12-7-13-14)8-3-5-9(6-4-8)11(15)16/h3-7H,2H2,1H3,(H,15,16). The first kappa shape index (κ1) is 10.4. The number of carboxylic acids is 1. The predicted molar refractivity (Wildman–Crippen MR) is 58.1 cm³/mol. The Labute approximate surface area is 92.4 Å². The minimum atomic E-state index is -0.927. The summed E-state index contributed by atoms with van der Waals surface area (Å²) in [5.74, 6) is -0.178. The number of nitrogens with zero attached hydrogens (tertiary/aromatic N) is 3. The van der Waals surface area contributed by atoms with Crippen molar-refractivity contribution >= 4 is 5.97 Å². The third-order valence-electron chi connectivity index (χ3n) is 2.31. The van der Waals surface area contributed by atoms with Gasteiger partial charge in [-0.25, -0.2) is 14.5 Å². The average Bonchev–Trinajstić information content (AvgIpc) is 2.77. The van der Waals surface area contributed by atoms with Crippen LogP contribution in [0.5, 0.6) is 0 Å². The highest BCUT2D eigenvalue weighted by molar-refractivity contribution is 5.88. The smallest absolute Gasteiger partial charge is 0.335 e. The summed E-state index contributed by atoms with van der Waals surface area (Å²) < 4.78 is 1.76. The number of benzene rings is 1. The van der Waals surface area contributed by atoms with Crippen LogP contribution in [0.25, 0.3) is 11.4 Å². The van der Waals surface area contributed by atoms with Crippen LogP contribution >= 0.6 is 0 Å². The van der Waals surface area contributed by atoms with Crippen LogP contribution in [-0.4, -0.2) is 25.8 Å². The Balaban J connectivity index is 2.38. The molecule has 1 aromatic heterocycles. The molecule has 0 atom stereocenters. The quantitative estimate of drug-likeness (QED) is 0.849. The normalized spacial score (nSPS) is 10.3. The van der Waals surface area contributed by atoms with E-state index in [0.29, 0.717) is 0 Å². The lowest BCUT2D eigenvalue weighted by Crippen LogP contribution is -2.00. The summed E-state index contributed by atoms with van der Waals surface area (Å²) in [6, 6.07) is 6.60. The van der Waals surface area contributed by atoms with Crippen molar-refractivity contribution in [3.63, 3.8) is 0 Å². The number of carbonyl (C=O) groups is 1. The zero-order valence-electron chi connectivity index (χ0n) is 8.79. The first-order chi connectivity index (χ1) is 7.72. The van der Waals surface area contributed by atoms with Crippen LogP contribution in [0, 0.1) is 0 Å². The topological polar surface area (TPSA) is 68.0 Å². The highest BCUT2D eigenvalue weighted by atomic mass is 16.4. The fraction of sp³-hybridized carbons (Fsp3) is 0.182. The Bertz CT molecular complexity index is 502. The van der Waals surface area contributed by atoms with Gasteiger partial charge in [-0.3, -0.25) is 0 Å². The van der Waals surface area contributed by atoms with Gasteiger partial charge >= 0.3 is 5.97 Å². The van der Waals surface area contributed by atoms with E-state index < -0.39 is 5.97 Å². The molecule has 0 bridgehead atoms. The number of aryl methyl sites for hydroxylation is 1. The van der Waals surface area contributed by atoms with Crippen LogP contribution in [0.1, 0.15) is 17.3 Å². The van der Waals surface area contributed by atoms with Crippen molar-refractivity contribution in [3.8, 4) is 11.4 Å². The second kappa shape index (κ2) is 4.14. The summed E-state index contributed by atoms with van der Waals surface area (Å²) in [5, 5.41) is 12.8. The van der Waals surface area contributed by atoms with Crippen LogP contribution in [-0.2, 0) is 6.54 Å². The maximum atomic E-state index is 10.7. The Morgan fingerprint density at radius 1 is 1.38 bits per heavy atom. The summed E-state index contributed by atoms with van der Waals surface area (Å²) in [7, 11) is 0. The van der Waals surface area contributed by atoms with Gasteiger partial charge in [0.25, 0.3) is 0 Å². The number of rotatable bonds is 3. The van der Waals surface area contributed by atoms with E-state index in [2.05, 4.69) is 10.1 Å². The molecule has 5 nitrogen and oxygen atoms in total. The van der Waals surface area contributed by atoms with Crippen LogP contribution in [0.4, 0.5) is 0 Å². The fourth-order valence-corrected chi connectivity index (χ4v) is 1.48. The zero-order valence-corrected chi connectivity index (χ0v) is 8.79. The molecule has 0 aliphatic rings. The molecule has 0 fully saturated rings. The summed E-state index contributed by atoms with van der Waals surface area (Å²) in [6.07, 6.45) is 1.49. The lowest BCUT2D eigenvalue weighted by atomic mass is 10.1. The van der Waals surface area contributed by atoms with Gasteiger partial charge in [0.2, 0.25) is 0 Å². The van der Waals surface area contributed by atoms with Crippen LogP contribution < -0.4 is 0 Å². The van der Waals surface area contributed by atoms with E-state index in [4.69, 9.17) is 5.11 Å². The van der Waals surface area contributed by atoms with Crippen molar-refractivity contribution in [2.45, 2.75) is 13.5 Å². The van der Waals surface area contributed by atoms with Crippen molar-refractivity contribution < 1.29 is 9.90 Å². The zero-order chi connectivity index (χ0) is 11.5. The van der Waals surface area contributed by atoms with Gasteiger partial charge in [0, 0.05) is 12.1 Å². The van der Waals surface area contributed by atoms with Crippen molar-refractivity contribution in [3.05, 3.63) is 36.2 Å². The molecule has 2 aromatic rings. The van der Waals surface area contributed by atoms with Crippen molar-refractivity contribution in [2.75, 3.05) is 0 Å². The maximum Gasteiger partial charge on any atom is 0.335 e. The molecule has 2 rings (SSSR count). The molecule has 1 N–H and O–H groups in total. The molecule has 1 aromatic carbocycles. The van der Waals surface area contributed by atoms with Gasteiger partial charge in [-0.1, -0.05) is 12.1 Å². The third-order valence-corrected chi connectivity index (χ3v) is 2.31. The highest BCUT2D eigenvalue weighted by Gasteiger charge is 2.07. The number of aromatic carboxylic acids is 1. The fourth-order valence-electron chi connectivity index (χ4n) is 1.48. The van der Waals surface area contributed by atoms with E-state index in [1.807, 2.05) is 6.92 Å². The van der Waals surface area contributed by atoms with Gasteiger partial charge in [-0.05, 0) is 19.1 Å². The Kier molecular flexibility index (Phi) is 2.68. The Morgan fingerprint density at radius 3 is 2.62 bits per heavy atom. The molecule has 0 aliphatic carbocycles. The van der Waals surface area contributed by atoms with E-state index >= 15 is 0 Å². The van der Waals surface area contributed by atoms with Crippen molar-refractivity contribution in [1.29, 1.82) is 0 Å². The summed E-state index contributed by atoms with van der Waals surface area (Å²) in [5.41, 5.74) is 1.13. The minimum absolute atomic E-state index is 0.270. The van der Waals surface area contributed by atoms with Gasteiger partial charge < -0.3 is 5.11 Å². The SMILES string of the molecule is CCn1ncnc1-c1ccc(C(=O)O)cc1. The summed E-state index contributed by atoms with van der Waals surface area (Å²) >= 11 is 0. The number of carboxylic acid groups (broad SMARTS) is 1. The number of hydrogen-bond donors (Lipinski definition) is 1. The molecule has 0 radical (unpaired) electrons. The lowest BCUT2D eigenvalue weighted by molar-refractivity contribution is 0.0697. The number of aromatic nitrogens is 3. The molecule has 5 heteroatoms. The van der Waals surface area contributed by atoms with E-state index in [-0.39, 0.29) is 5.56 Å². The van der Waals surface area contributed by atoms with Gasteiger partial charge in [-0.15, -0.1) is 0 Å². The van der Waals surface area contributed by atoms with Gasteiger partial charge in [0.05, 0.1) is 5.56 Å². The Hall–Kier alpha value is -2.17. The monoisotopic (exact) mass is 217 g/mol. The van der Waals surface area contributed by atoms with E-state index in [1.54, 1.807) is 28.9 Å². The third kappa shape index (κ3) is 1.79. The van der Waals surface area contributed by atoms with Crippen LogP contribution in [0.15, 0.2) is 30.6 Å². The molecule has 0 spiro atoms. The highest BCUT2D eigenvalue weighted by Crippen LogP contribution is 2.16. The molecule has 1 heterocycles. The van der Waals surface area contributed by atoms with E-state index in [0.717, 1.165) is 17.9 Å². The molecule has 0 aliphatic heterocycles. The second-order valence-electron chi connectivity index (χ2n) is 3.28. The summed E-state index contributed by atoms with van der Waals surface area (Å²) in [6.45, 7) is 2.71. The molecule has 82 valence electrons. The first-order valence-electron chi connectivity index (χ1n) is 4.94.